The van der Waals surface area contributed by atoms with Gasteiger partial charge in [-0.15, -0.1) is 11.8 Å². The van der Waals surface area contributed by atoms with Crippen LogP contribution in [-0.4, -0.2) is 28.6 Å². The molecule has 0 aromatic heterocycles. The summed E-state index contributed by atoms with van der Waals surface area (Å²) in [6.07, 6.45) is -0.658. The molecule has 28 heavy (non-hydrogen) atoms. The zero-order valence-corrected chi connectivity index (χ0v) is 16.7. The fourth-order valence-corrected chi connectivity index (χ4v) is 3.30. The Kier molecular flexibility index (Phi) is 7.57. The predicted molar refractivity (Wildman–Crippen MR) is 107 cm³/mol. The van der Waals surface area contributed by atoms with Gasteiger partial charge in [-0.25, -0.2) is 4.79 Å². The highest BCUT2D eigenvalue weighted by atomic mass is 32.2. The third-order valence-corrected chi connectivity index (χ3v) is 4.82. The largest absolute Gasteiger partial charge is 0.454 e. The van der Waals surface area contributed by atoms with Gasteiger partial charge in [-0.2, -0.15) is 0 Å². The third kappa shape index (κ3) is 6.09. The van der Waals surface area contributed by atoms with Crippen LogP contribution in [0.1, 0.15) is 42.8 Å². The topological polar surface area (TPSA) is 98.5 Å². The average Bonchev–Trinajstić information content (AvgIpc) is 2.66. The third-order valence-electron chi connectivity index (χ3n) is 3.75. The molecule has 0 saturated heterocycles. The summed E-state index contributed by atoms with van der Waals surface area (Å²) in [5.74, 6) is -0.484. The molecule has 0 fully saturated rings. The van der Waals surface area contributed by atoms with Crippen LogP contribution in [-0.2, 0) is 9.53 Å². The summed E-state index contributed by atoms with van der Waals surface area (Å²) in [5, 5.41) is 13.7. The Bertz CT molecular complexity index is 869. The second-order valence-corrected chi connectivity index (χ2v) is 7.42. The fraction of sp³-hybridized carbons (Fsp3) is 0.300. The van der Waals surface area contributed by atoms with Crippen molar-refractivity contribution >= 4 is 29.3 Å². The number of carbonyl (C=O) groups is 2. The van der Waals surface area contributed by atoms with Gasteiger partial charge < -0.3 is 10.1 Å². The van der Waals surface area contributed by atoms with E-state index in [1.807, 2.05) is 13.8 Å². The first-order valence-corrected chi connectivity index (χ1v) is 9.73. The minimum absolute atomic E-state index is 0.0455. The second-order valence-electron chi connectivity index (χ2n) is 6.41. The molecule has 2 aromatic carbocycles. The Balaban J connectivity index is 2.09. The van der Waals surface area contributed by atoms with Crippen molar-refractivity contribution in [1.29, 1.82) is 0 Å². The Morgan fingerprint density at radius 2 is 1.86 bits per heavy atom. The summed E-state index contributed by atoms with van der Waals surface area (Å²) in [6, 6.07) is 12.9. The average molecular weight is 402 g/mol. The lowest BCUT2D eigenvalue weighted by molar-refractivity contribution is -0.385. The number of nitrogens with zero attached hydrogens (tertiary/aromatic N) is 1. The van der Waals surface area contributed by atoms with E-state index in [0.29, 0.717) is 16.0 Å². The van der Waals surface area contributed by atoms with E-state index in [2.05, 4.69) is 5.32 Å². The molecular weight excluding hydrogens is 380 g/mol. The second kappa shape index (κ2) is 9.89. The highest BCUT2D eigenvalue weighted by Gasteiger charge is 2.19. The van der Waals surface area contributed by atoms with Gasteiger partial charge in [0.05, 0.1) is 16.2 Å². The number of hydrogen-bond acceptors (Lipinski definition) is 6. The summed E-state index contributed by atoms with van der Waals surface area (Å²) >= 11 is 1.25. The van der Waals surface area contributed by atoms with E-state index >= 15 is 0 Å². The van der Waals surface area contributed by atoms with Crippen LogP contribution in [0.2, 0.25) is 0 Å². The Hall–Kier alpha value is -2.87. The van der Waals surface area contributed by atoms with Crippen molar-refractivity contribution in [3.05, 3.63) is 69.8 Å². The minimum atomic E-state index is -0.658. The van der Waals surface area contributed by atoms with Crippen LogP contribution in [0.25, 0.3) is 0 Å². The van der Waals surface area contributed by atoms with Crippen LogP contribution < -0.4 is 5.32 Å². The summed E-state index contributed by atoms with van der Waals surface area (Å²) in [4.78, 5) is 35.5. The maximum atomic E-state index is 12.6. The van der Waals surface area contributed by atoms with Crippen LogP contribution in [0.3, 0.4) is 0 Å². The molecule has 0 aliphatic heterocycles. The van der Waals surface area contributed by atoms with Crippen molar-refractivity contribution in [3.8, 4) is 0 Å². The number of nitro benzene ring substituents is 1. The van der Waals surface area contributed by atoms with Crippen LogP contribution in [0.15, 0.2) is 53.4 Å². The van der Waals surface area contributed by atoms with Gasteiger partial charge in [0.1, 0.15) is 6.10 Å². The number of nitrogens with one attached hydrogen (secondary N) is 1. The van der Waals surface area contributed by atoms with Gasteiger partial charge in [-0.3, -0.25) is 14.9 Å². The lowest BCUT2D eigenvalue weighted by Crippen LogP contribution is -2.31. The van der Waals surface area contributed by atoms with Gasteiger partial charge in [0.25, 0.3) is 5.69 Å². The van der Waals surface area contributed by atoms with Crippen LogP contribution >= 0.6 is 11.8 Å². The Labute approximate surface area is 167 Å². The van der Waals surface area contributed by atoms with Crippen molar-refractivity contribution in [2.75, 3.05) is 5.75 Å². The van der Waals surface area contributed by atoms with Crippen molar-refractivity contribution in [2.45, 2.75) is 37.8 Å². The maximum Gasteiger partial charge on any atom is 0.339 e. The predicted octanol–water partition coefficient (Wildman–Crippen LogP) is 4.13. The number of rotatable bonds is 8. The quantitative estimate of drug-likeness (QED) is 0.308. The Morgan fingerprint density at radius 3 is 2.54 bits per heavy atom. The summed E-state index contributed by atoms with van der Waals surface area (Å²) in [6.45, 7) is 5.41. The van der Waals surface area contributed by atoms with Gasteiger partial charge in [0.15, 0.2) is 0 Å². The van der Waals surface area contributed by atoms with Gasteiger partial charge in [0.2, 0.25) is 5.91 Å². The lowest BCUT2D eigenvalue weighted by atomic mass is 10.1. The lowest BCUT2D eigenvalue weighted by Gasteiger charge is -2.15. The number of non-ortho nitro benzene ring substituents is 1. The molecular formula is C20H22N2O5S. The van der Waals surface area contributed by atoms with Crippen molar-refractivity contribution < 1.29 is 19.2 Å². The molecule has 1 N–H and O–H groups in total. The van der Waals surface area contributed by atoms with E-state index in [0.717, 1.165) is 0 Å². The van der Waals surface area contributed by atoms with E-state index < -0.39 is 17.0 Å². The first kappa shape index (κ1) is 21.4. The first-order chi connectivity index (χ1) is 13.3. The molecule has 0 radical (unpaired) electrons. The van der Waals surface area contributed by atoms with Crippen LogP contribution in [0.5, 0.6) is 0 Å². The van der Waals surface area contributed by atoms with E-state index in [9.17, 15) is 19.7 Å². The van der Waals surface area contributed by atoms with Crippen molar-refractivity contribution in [2.24, 2.45) is 0 Å². The summed E-state index contributed by atoms with van der Waals surface area (Å²) < 4.78 is 5.49. The molecule has 0 spiro atoms. The molecule has 0 aliphatic carbocycles. The van der Waals surface area contributed by atoms with Crippen molar-refractivity contribution in [1.82, 2.24) is 5.32 Å². The molecule has 0 unspecified atom stereocenters. The molecule has 148 valence electrons. The molecule has 1 atom stereocenters. The van der Waals surface area contributed by atoms with Gasteiger partial charge in [0, 0.05) is 23.1 Å². The monoisotopic (exact) mass is 402 g/mol. The first-order valence-electron chi connectivity index (χ1n) is 8.74. The molecule has 2 rings (SSSR count). The smallest absolute Gasteiger partial charge is 0.339 e. The maximum absolute atomic E-state index is 12.6. The number of thioether (sulfide) groups is 1. The molecule has 8 heteroatoms. The highest BCUT2D eigenvalue weighted by Crippen LogP contribution is 2.27. The number of hydrogen-bond donors (Lipinski definition) is 1. The van der Waals surface area contributed by atoms with Crippen molar-refractivity contribution in [3.63, 3.8) is 0 Å². The van der Waals surface area contributed by atoms with E-state index in [-0.39, 0.29) is 23.4 Å². The number of benzene rings is 2. The number of ether oxygens (including phenoxy) is 1. The number of carbonyl (C=O) groups excluding carboxylic acids is 2. The zero-order valence-electron chi connectivity index (χ0n) is 15.9. The zero-order chi connectivity index (χ0) is 20.7. The number of nitro groups is 1. The molecule has 0 heterocycles. The standard InChI is InChI=1S/C20H22N2O5S/c1-13(2)21-19(23)12-28-18-10-5-4-9-17(18)20(24)27-14(3)15-7-6-8-16(11-15)22(25)26/h4-11,13-14H,12H2,1-3H3,(H,21,23)/t14-/m1/s1. The molecule has 2 aromatic rings. The van der Waals surface area contributed by atoms with Gasteiger partial charge in [-0.1, -0.05) is 24.3 Å². The number of esters is 1. The number of amides is 1. The van der Waals surface area contributed by atoms with Crippen LogP contribution in [0.4, 0.5) is 5.69 Å². The molecule has 7 nitrogen and oxygen atoms in total. The van der Waals surface area contributed by atoms with Gasteiger partial charge in [-0.05, 0) is 38.5 Å². The van der Waals surface area contributed by atoms with Crippen LogP contribution in [0, 0.1) is 10.1 Å². The molecule has 0 aliphatic rings. The Morgan fingerprint density at radius 1 is 1.14 bits per heavy atom. The molecule has 0 saturated carbocycles. The fourth-order valence-electron chi connectivity index (χ4n) is 2.45. The molecule has 0 bridgehead atoms. The summed E-state index contributed by atoms with van der Waals surface area (Å²) in [7, 11) is 0. The minimum Gasteiger partial charge on any atom is -0.454 e. The van der Waals surface area contributed by atoms with Gasteiger partial charge >= 0.3 is 5.97 Å². The normalized spacial score (nSPS) is 11.7. The van der Waals surface area contributed by atoms with E-state index in [4.69, 9.17) is 4.74 Å². The molecule has 1 amide bonds. The van der Waals surface area contributed by atoms with E-state index in [1.165, 1.54) is 23.9 Å². The highest BCUT2D eigenvalue weighted by molar-refractivity contribution is 8.00. The SMILES string of the molecule is CC(C)NC(=O)CSc1ccccc1C(=O)O[C@H](C)c1cccc([N+](=O)[O-])c1. The summed E-state index contributed by atoms with van der Waals surface area (Å²) in [5.41, 5.74) is 0.818. The van der Waals surface area contributed by atoms with E-state index in [1.54, 1.807) is 43.3 Å².